The van der Waals surface area contributed by atoms with Crippen LogP contribution in [0.5, 0.6) is 0 Å². The molecule has 0 saturated carbocycles. The molecule has 2 heterocycles. The minimum absolute atomic E-state index is 0.497. The first-order valence-corrected chi connectivity index (χ1v) is 5.45. The summed E-state index contributed by atoms with van der Waals surface area (Å²) in [5, 5.41) is 7.45. The number of anilines is 1. The molecule has 1 aliphatic heterocycles. The molecule has 0 bridgehead atoms. The van der Waals surface area contributed by atoms with Crippen molar-refractivity contribution < 1.29 is 0 Å². The largest absolute Gasteiger partial charge is 0.349 e. The predicted molar refractivity (Wildman–Crippen MR) is 54.1 cm³/mol. The van der Waals surface area contributed by atoms with Crippen LogP contribution in [-0.2, 0) is 0 Å². The van der Waals surface area contributed by atoms with E-state index >= 15 is 0 Å². The molecular formula is C8H12N4S. The third-order valence-electron chi connectivity index (χ3n) is 1.95. The molecule has 70 valence electrons. The summed E-state index contributed by atoms with van der Waals surface area (Å²) in [7, 11) is 0. The normalized spacial score (nSPS) is 16.7. The van der Waals surface area contributed by atoms with Crippen LogP contribution < -0.4 is 10.6 Å². The minimum atomic E-state index is 0.497. The highest BCUT2D eigenvalue weighted by Gasteiger charge is 2.16. The quantitative estimate of drug-likeness (QED) is 0.547. The van der Waals surface area contributed by atoms with Gasteiger partial charge in [-0.2, -0.15) is 0 Å². The molecule has 1 saturated heterocycles. The first-order chi connectivity index (χ1) is 6.38. The van der Waals surface area contributed by atoms with Crippen molar-refractivity contribution in [1.82, 2.24) is 15.3 Å². The zero-order valence-corrected chi connectivity index (χ0v) is 8.27. The Hall–Kier alpha value is -0.810. The van der Waals surface area contributed by atoms with E-state index in [1.165, 1.54) is 0 Å². The van der Waals surface area contributed by atoms with E-state index in [9.17, 15) is 0 Å². The summed E-state index contributed by atoms with van der Waals surface area (Å²) in [5.74, 6) is 0.735. The van der Waals surface area contributed by atoms with Gasteiger partial charge in [0.25, 0.3) is 0 Å². The summed E-state index contributed by atoms with van der Waals surface area (Å²) >= 11 is 1.63. The number of rotatable bonds is 3. The van der Waals surface area contributed by atoms with Crippen LogP contribution in [0, 0.1) is 0 Å². The standard InChI is InChI=1S/C8H12N4S/c1-13-7-2-3-10-8(12-7)11-6-4-9-5-6/h2-3,6,9H,4-5H2,1H3,(H,10,11,12). The molecule has 4 nitrogen and oxygen atoms in total. The smallest absolute Gasteiger partial charge is 0.223 e. The number of nitrogens with zero attached hydrogens (tertiary/aromatic N) is 2. The third-order valence-corrected chi connectivity index (χ3v) is 2.60. The van der Waals surface area contributed by atoms with Crippen molar-refractivity contribution in [2.75, 3.05) is 24.7 Å². The van der Waals surface area contributed by atoms with E-state index in [1.807, 2.05) is 12.3 Å². The van der Waals surface area contributed by atoms with Crippen LogP contribution in [0.2, 0.25) is 0 Å². The summed E-state index contributed by atoms with van der Waals surface area (Å²) in [5.41, 5.74) is 0. The second kappa shape index (κ2) is 3.93. The maximum Gasteiger partial charge on any atom is 0.223 e. The van der Waals surface area contributed by atoms with Crippen LogP contribution in [0.3, 0.4) is 0 Å². The van der Waals surface area contributed by atoms with Gasteiger partial charge in [-0.05, 0) is 12.3 Å². The lowest BCUT2D eigenvalue weighted by molar-refractivity contribution is 0.469. The molecule has 0 aliphatic carbocycles. The Labute approximate surface area is 81.5 Å². The molecule has 2 rings (SSSR count). The third kappa shape index (κ3) is 2.10. The van der Waals surface area contributed by atoms with Gasteiger partial charge in [0.2, 0.25) is 5.95 Å². The van der Waals surface area contributed by atoms with Gasteiger partial charge in [-0.3, -0.25) is 0 Å². The zero-order chi connectivity index (χ0) is 9.10. The van der Waals surface area contributed by atoms with Crippen molar-refractivity contribution in [3.8, 4) is 0 Å². The molecule has 0 aromatic carbocycles. The fourth-order valence-electron chi connectivity index (χ4n) is 1.10. The summed E-state index contributed by atoms with van der Waals surface area (Å²) < 4.78 is 0. The first kappa shape index (κ1) is 8.77. The van der Waals surface area contributed by atoms with E-state index in [4.69, 9.17) is 0 Å². The lowest BCUT2D eigenvalue weighted by Gasteiger charge is -2.27. The van der Waals surface area contributed by atoms with Gasteiger partial charge in [-0.1, -0.05) is 0 Å². The number of aromatic nitrogens is 2. The van der Waals surface area contributed by atoms with Gasteiger partial charge >= 0.3 is 0 Å². The fourth-order valence-corrected chi connectivity index (χ4v) is 1.47. The van der Waals surface area contributed by atoms with Crippen LogP contribution in [-0.4, -0.2) is 35.4 Å². The minimum Gasteiger partial charge on any atom is -0.349 e. The van der Waals surface area contributed by atoms with Crippen LogP contribution in [0.1, 0.15) is 0 Å². The van der Waals surface area contributed by atoms with Crippen molar-refractivity contribution in [1.29, 1.82) is 0 Å². The number of nitrogens with one attached hydrogen (secondary N) is 2. The van der Waals surface area contributed by atoms with Gasteiger partial charge in [-0.25, -0.2) is 9.97 Å². The van der Waals surface area contributed by atoms with Gasteiger partial charge in [0, 0.05) is 19.3 Å². The Bertz CT molecular complexity index is 287. The average molecular weight is 196 g/mol. The SMILES string of the molecule is CSc1ccnc(NC2CNC2)n1. The Kier molecular flexibility index (Phi) is 2.65. The molecule has 0 amide bonds. The molecule has 5 heteroatoms. The van der Waals surface area contributed by atoms with E-state index in [0.29, 0.717) is 6.04 Å². The molecule has 0 unspecified atom stereocenters. The summed E-state index contributed by atoms with van der Waals surface area (Å²) in [4.78, 5) is 8.47. The topological polar surface area (TPSA) is 49.8 Å². The van der Waals surface area contributed by atoms with Crippen LogP contribution >= 0.6 is 11.8 Å². The lowest BCUT2D eigenvalue weighted by atomic mass is 10.2. The van der Waals surface area contributed by atoms with Gasteiger partial charge in [0.05, 0.1) is 6.04 Å². The Morgan fingerprint density at radius 1 is 1.62 bits per heavy atom. The monoisotopic (exact) mass is 196 g/mol. The molecule has 1 aliphatic rings. The molecule has 2 N–H and O–H groups in total. The molecule has 1 aromatic rings. The highest BCUT2D eigenvalue weighted by molar-refractivity contribution is 7.98. The number of thioether (sulfide) groups is 1. The van der Waals surface area contributed by atoms with Crippen molar-refractivity contribution in [2.24, 2.45) is 0 Å². The van der Waals surface area contributed by atoms with Gasteiger partial charge in [-0.15, -0.1) is 11.8 Å². The van der Waals surface area contributed by atoms with Gasteiger partial charge in [0.1, 0.15) is 5.03 Å². The highest BCUT2D eigenvalue weighted by atomic mass is 32.2. The van der Waals surface area contributed by atoms with Crippen LogP contribution in [0.4, 0.5) is 5.95 Å². The summed E-state index contributed by atoms with van der Waals surface area (Å²) in [6.45, 7) is 2.01. The maximum absolute atomic E-state index is 4.33. The lowest BCUT2D eigenvalue weighted by Crippen LogP contribution is -2.51. The van der Waals surface area contributed by atoms with E-state index in [-0.39, 0.29) is 0 Å². The zero-order valence-electron chi connectivity index (χ0n) is 7.45. The maximum atomic E-state index is 4.33. The molecule has 0 atom stereocenters. The number of hydrogen-bond acceptors (Lipinski definition) is 5. The van der Waals surface area contributed by atoms with Crippen molar-refractivity contribution >= 4 is 17.7 Å². The van der Waals surface area contributed by atoms with Crippen LogP contribution in [0.25, 0.3) is 0 Å². The Morgan fingerprint density at radius 3 is 3.08 bits per heavy atom. The highest BCUT2D eigenvalue weighted by Crippen LogP contribution is 2.12. The average Bonchev–Trinajstić information content (AvgIpc) is 2.12. The van der Waals surface area contributed by atoms with E-state index in [2.05, 4.69) is 20.6 Å². The van der Waals surface area contributed by atoms with E-state index in [1.54, 1.807) is 18.0 Å². The number of hydrogen-bond donors (Lipinski definition) is 2. The summed E-state index contributed by atoms with van der Waals surface area (Å²) in [6.07, 6.45) is 3.80. The van der Waals surface area contributed by atoms with E-state index < -0.39 is 0 Å². The van der Waals surface area contributed by atoms with E-state index in [0.717, 1.165) is 24.1 Å². The van der Waals surface area contributed by atoms with Crippen molar-refractivity contribution in [3.05, 3.63) is 12.3 Å². The summed E-state index contributed by atoms with van der Waals surface area (Å²) in [6, 6.07) is 2.41. The van der Waals surface area contributed by atoms with Crippen molar-refractivity contribution in [2.45, 2.75) is 11.1 Å². The molecule has 0 radical (unpaired) electrons. The first-order valence-electron chi connectivity index (χ1n) is 4.23. The van der Waals surface area contributed by atoms with Gasteiger partial charge < -0.3 is 10.6 Å². The molecule has 1 fully saturated rings. The molecule has 1 aromatic heterocycles. The van der Waals surface area contributed by atoms with Gasteiger partial charge in [0.15, 0.2) is 0 Å². The molecular weight excluding hydrogens is 184 g/mol. The second-order valence-electron chi connectivity index (χ2n) is 2.92. The molecule has 13 heavy (non-hydrogen) atoms. The second-order valence-corrected chi connectivity index (χ2v) is 3.75. The Balaban J connectivity index is 2.01. The van der Waals surface area contributed by atoms with Crippen LogP contribution in [0.15, 0.2) is 17.3 Å². The van der Waals surface area contributed by atoms with Crippen molar-refractivity contribution in [3.63, 3.8) is 0 Å². The molecule has 0 spiro atoms. The Morgan fingerprint density at radius 2 is 2.46 bits per heavy atom. The predicted octanol–water partition coefficient (Wildman–Crippen LogP) is 0.582. The fraction of sp³-hybridized carbons (Fsp3) is 0.500.